The van der Waals surface area contributed by atoms with E-state index >= 15 is 0 Å². The largest absolute Gasteiger partial charge is 0.357 e. The predicted octanol–water partition coefficient (Wildman–Crippen LogP) is 3.32. The summed E-state index contributed by atoms with van der Waals surface area (Å²) < 4.78 is 0. The molecule has 1 aromatic rings. The Hall–Kier alpha value is -0.820. The van der Waals surface area contributed by atoms with Gasteiger partial charge in [0.2, 0.25) is 0 Å². The van der Waals surface area contributed by atoms with Crippen LogP contribution >= 0.6 is 24.0 Å². The molecule has 0 atom stereocenters. The number of nitrogens with one attached hydrogen (secondary N) is 1. The van der Waals surface area contributed by atoms with Gasteiger partial charge in [-0.2, -0.15) is 0 Å². The van der Waals surface area contributed by atoms with Crippen LogP contribution in [0.25, 0.3) is 0 Å². The zero-order chi connectivity index (χ0) is 15.8. The molecule has 1 aromatic carbocycles. The molecule has 0 saturated carbocycles. The Labute approximate surface area is 158 Å². The monoisotopic (exact) mass is 430 g/mol. The molecule has 1 saturated heterocycles. The molecule has 2 rings (SSSR count). The van der Waals surface area contributed by atoms with Crippen molar-refractivity contribution in [1.29, 1.82) is 0 Å². The molecule has 0 aliphatic carbocycles. The molecule has 0 aromatic heterocycles. The fourth-order valence-corrected chi connectivity index (χ4v) is 2.81. The number of halogens is 1. The number of rotatable bonds is 5. The Morgan fingerprint density at radius 1 is 1.09 bits per heavy atom. The van der Waals surface area contributed by atoms with Crippen molar-refractivity contribution in [2.24, 2.45) is 4.99 Å². The summed E-state index contributed by atoms with van der Waals surface area (Å²) in [6.07, 6.45) is 4.10. The maximum atomic E-state index is 4.65. The first-order chi connectivity index (χ1) is 10.7. The van der Waals surface area contributed by atoms with Crippen molar-refractivity contribution in [1.82, 2.24) is 15.1 Å². The van der Waals surface area contributed by atoms with Crippen LogP contribution in [0.15, 0.2) is 29.3 Å². The summed E-state index contributed by atoms with van der Waals surface area (Å²) in [5.41, 5.74) is 2.67. The van der Waals surface area contributed by atoms with E-state index < -0.39 is 0 Å². The van der Waals surface area contributed by atoms with E-state index in [2.05, 4.69) is 46.4 Å². The summed E-state index contributed by atoms with van der Waals surface area (Å²) in [6.45, 7) is 7.30. The number of benzene rings is 1. The molecule has 1 N–H and O–H groups in total. The van der Waals surface area contributed by atoms with Crippen LogP contribution in [0.1, 0.15) is 37.3 Å². The molecule has 0 spiro atoms. The fraction of sp³-hybridized carbons (Fsp3) is 0.611. The van der Waals surface area contributed by atoms with E-state index in [0.29, 0.717) is 0 Å². The molecule has 0 bridgehead atoms. The number of nitrogens with zero attached hydrogens (tertiary/aromatic N) is 3. The molecule has 5 heteroatoms. The number of likely N-dealkylation sites (tertiary alicyclic amines) is 1. The van der Waals surface area contributed by atoms with Crippen LogP contribution < -0.4 is 5.32 Å². The lowest BCUT2D eigenvalue weighted by Crippen LogP contribution is -2.36. The first kappa shape index (κ1) is 20.2. The van der Waals surface area contributed by atoms with Crippen molar-refractivity contribution in [2.75, 3.05) is 33.7 Å². The standard InChI is InChI=1S/C18H30N4.HI/c1-4-19-18(21(2)3)20-14-16-8-10-17(11-9-16)15-22-12-6-5-7-13-22;/h8-11H,4-7,12-15H2,1-3H3,(H,19,20);1H. The van der Waals surface area contributed by atoms with Gasteiger partial charge in [-0.3, -0.25) is 4.90 Å². The SMILES string of the molecule is CCNC(=NCc1ccc(CN2CCCCC2)cc1)N(C)C.I. The van der Waals surface area contributed by atoms with Crippen LogP contribution in [0, 0.1) is 0 Å². The number of guanidine groups is 1. The van der Waals surface area contributed by atoms with Gasteiger partial charge in [0, 0.05) is 27.2 Å². The summed E-state index contributed by atoms with van der Waals surface area (Å²) >= 11 is 0. The minimum atomic E-state index is 0. The van der Waals surface area contributed by atoms with Gasteiger partial charge in [-0.1, -0.05) is 30.7 Å². The van der Waals surface area contributed by atoms with Gasteiger partial charge in [-0.05, 0) is 44.0 Å². The minimum Gasteiger partial charge on any atom is -0.357 e. The quantitative estimate of drug-likeness (QED) is 0.442. The molecule has 1 heterocycles. The highest BCUT2D eigenvalue weighted by molar-refractivity contribution is 14.0. The lowest BCUT2D eigenvalue weighted by atomic mass is 10.1. The van der Waals surface area contributed by atoms with Gasteiger partial charge < -0.3 is 10.2 Å². The normalized spacial score (nSPS) is 15.9. The molecule has 0 unspecified atom stereocenters. The Morgan fingerprint density at radius 3 is 2.26 bits per heavy atom. The summed E-state index contributed by atoms with van der Waals surface area (Å²) in [4.78, 5) is 9.23. The second-order valence-electron chi connectivity index (χ2n) is 6.22. The Morgan fingerprint density at radius 2 is 1.70 bits per heavy atom. The van der Waals surface area contributed by atoms with Gasteiger partial charge in [0.25, 0.3) is 0 Å². The second-order valence-corrected chi connectivity index (χ2v) is 6.22. The maximum absolute atomic E-state index is 4.65. The molecule has 130 valence electrons. The fourth-order valence-electron chi connectivity index (χ4n) is 2.81. The van der Waals surface area contributed by atoms with Crippen LogP contribution in [0.4, 0.5) is 0 Å². The van der Waals surface area contributed by atoms with Crippen molar-refractivity contribution in [3.63, 3.8) is 0 Å². The van der Waals surface area contributed by atoms with Gasteiger partial charge in [-0.15, -0.1) is 24.0 Å². The molecule has 1 aliphatic heterocycles. The van der Waals surface area contributed by atoms with E-state index in [0.717, 1.165) is 25.6 Å². The van der Waals surface area contributed by atoms with E-state index in [9.17, 15) is 0 Å². The zero-order valence-corrected chi connectivity index (χ0v) is 17.0. The minimum absolute atomic E-state index is 0. The lowest BCUT2D eigenvalue weighted by molar-refractivity contribution is 0.221. The molecule has 23 heavy (non-hydrogen) atoms. The van der Waals surface area contributed by atoms with Crippen LogP contribution in [-0.2, 0) is 13.1 Å². The number of piperidine rings is 1. The number of hydrogen-bond acceptors (Lipinski definition) is 2. The third kappa shape index (κ3) is 7.08. The topological polar surface area (TPSA) is 30.9 Å². The number of hydrogen-bond donors (Lipinski definition) is 1. The van der Waals surface area contributed by atoms with Crippen LogP contribution in [0.3, 0.4) is 0 Å². The van der Waals surface area contributed by atoms with Crippen molar-refractivity contribution < 1.29 is 0 Å². The van der Waals surface area contributed by atoms with Gasteiger partial charge >= 0.3 is 0 Å². The van der Waals surface area contributed by atoms with Crippen molar-refractivity contribution in [3.8, 4) is 0 Å². The Balaban J connectivity index is 0.00000264. The van der Waals surface area contributed by atoms with E-state index in [1.54, 1.807) is 0 Å². The third-order valence-corrected chi connectivity index (χ3v) is 4.05. The van der Waals surface area contributed by atoms with Gasteiger partial charge in [-0.25, -0.2) is 4.99 Å². The van der Waals surface area contributed by atoms with E-state index in [-0.39, 0.29) is 24.0 Å². The highest BCUT2D eigenvalue weighted by atomic mass is 127. The van der Waals surface area contributed by atoms with Crippen molar-refractivity contribution in [3.05, 3.63) is 35.4 Å². The van der Waals surface area contributed by atoms with Crippen LogP contribution in [-0.4, -0.2) is 49.5 Å². The van der Waals surface area contributed by atoms with Crippen molar-refractivity contribution >= 4 is 29.9 Å². The highest BCUT2D eigenvalue weighted by Crippen LogP contribution is 2.14. The Bertz CT molecular complexity index is 464. The van der Waals surface area contributed by atoms with Crippen LogP contribution in [0.2, 0.25) is 0 Å². The smallest absolute Gasteiger partial charge is 0.193 e. The summed E-state index contributed by atoms with van der Waals surface area (Å²) in [6, 6.07) is 8.92. The van der Waals surface area contributed by atoms with Gasteiger partial charge in [0.1, 0.15) is 0 Å². The average molecular weight is 430 g/mol. The summed E-state index contributed by atoms with van der Waals surface area (Å²) in [5, 5.41) is 3.29. The molecule has 0 radical (unpaired) electrons. The molecular formula is C18H31IN4. The van der Waals surface area contributed by atoms with Crippen LogP contribution in [0.5, 0.6) is 0 Å². The predicted molar refractivity (Wildman–Crippen MR) is 109 cm³/mol. The van der Waals surface area contributed by atoms with E-state index in [1.165, 1.54) is 43.5 Å². The van der Waals surface area contributed by atoms with E-state index in [4.69, 9.17) is 0 Å². The number of aliphatic imine (C=N–C) groups is 1. The van der Waals surface area contributed by atoms with Gasteiger partial charge in [0.15, 0.2) is 5.96 Å². The summed E-state index contributed by atoms with van der Waals surface area (Å²) in [7, 11) is 4.03. The lowest BCUT2D eigenvalue weighted by Gasteiger charge is -2.26. The molecular weight excluding hydrogens is 399 g/mol. The summed E-state index contributed by atoms with van der Waals surface area (Å²) in [5.74, 6) is 0.944. The molecule has 0 amide bonds. The molecule has 1 aliphatic rings. The average Bonchev–Trinajstić information content (AvgIpc) is 2.53. The maximum Gasteiger partial charge on any atom is 0.193 e. The van der Waals surface area contributed by atoms with Crippen molar-refractivity contribution in [2.45, 2.75) is 39.3 Å². The highest BCUT2D eigenvalue weighted by Gasteiger charge is 2.10. The van der Waals surface area contributed by atoms with Gasteiger partial charge in [0.05, 0.1) is 6.54 Å². The van der Waals surface area contributed by atoms with E-state index in [1.807, 2.05) is 19.0 Å². The second kappa shape index (κ2) is 10.9. The third-order valence-electron chi connectivity index (χ3n) is 4.05. The Kier molecular flexibility index (Phi) is 9.55. The first-order valence-electron chi connectivity index (χ1n) is 8.45. The first-order valence-corrected chi connectivity index (χ1v) is 8.45. The zero-order valence-electron chi connectivity index (χ0n) is 14.7. The molecule has 4 nitrogen and oxygen atoms in total. The molecule has 1 fully saturated rings.